The van der Waals surface area contributed by atoms with Gasteiger partial charge in [0.15, 0.2) is 0 Å². The summed E-state index contributed by atoms with van der Waals surface area (Å²) in [6.07, 6.45) is 0.358. The summed E-state index contributed by atoms with van der Waals surface area (Å²) in [6, 6.07) is 4.30. The first kappa shape index (κ1) is 18.9. The minimum absolute atomic E-state index is 0.0610. The molecule has 1 heterocycles. The van der Waals surface area contributed by atoms with E-state index in [1.54, 1.807) is 13.0 Å². The van der Waals surface area contributed by atoms with Crippen LogP contribution in [0.15, 0.2) is 23.1 Å². The minimum Gasteiger partial charge on any atom is -0.373 e. The summed E-state index contributed by atoms with van der Waals surface area (Å²) in [6.45, 7) is 8.69. The number of primary sulfonamides is 1. The van der Waals surface area contributed by atoms with Gasteiger partial charge in [-0.15, -0.1) is 0 Å². The fraction of sp³-hybridized carbons (Fsp3) is 0.562. The molecule has 0 spiro atoms. The zero-order valence-corrected chi connectivity index (χ0v) is 15.1. The van der Waals surface area contributed by atoms with Crippen molar-refractivity contribution in [1.82, 2.24) is 10.2 Å². The van der Waals surface area contributed by atoms with Gasteiger partial charge in [0.1, 0.15) is 0 Å². The van der Waals surface area contributed by atoms with Crippen molar-refractivity contribution in [2.24, 2.45) is 5.14 Å². The number of benzene rings is 1. The summed E-state index contributed by atoms with van der Waals surface area (Å²) in [7, 11) is -3.83. The van der Waals surface area contributed by atoms with E-state index in [1.807, 2.05) is 13.8 Å². The van der Waals surface area contributed by atoms with Crippen LogP contribution in [0.5, 0.6) is 0 Å². The Bertz CT molecular complexity index is 695. The molecule has 0 aromatic heterocycles. The Morgan fingerprint density at radius 3 is 2.54 bits per heavy atom. The average Bonchev–Trinajstić information content (AvgIpc) is 2.45. The maximum absolute atomic E-state index is 12.3. The van der Waals surface area contributed by atoms with Gasteiger partial charge in [-0.05, 0) is 38.5 Å². The van der Waals surface area contributed by atoms with Gasteiger partial charge in [0, 0.05) is 31.7 Å². The van der Waals surface area contributed by atoms with Gasteiger partial charge in [-0.3, -0.25) is 9.69 Å². The third-order valence-electron chi connectivity index (χ3n) is 3.99. The number of carbonyl (C=O) groups is 1. The van der Waals surface area contributed by atoms with E-state index in [-0.39, 0.29) is 23.0 Å². The molecule has 1 aromatic rings. The number of ether oxygens (including phenoxy) is 1. The maximum atomic E-state index is 12.3. The number of hydrogen-bond acceptors (Lipinski definition) is 5. The largest absolute Gasteiger partial charge is 0.373 e. The first-order valence-corrected chi connectivity index (χ1v) is 9.51. The van der Waals surface area contributed by atoms with Crippen LogP contribution in [0, 0.1) is 6.92 Å². The van der Waals surface area contributed by atoms with E-state index in [4.69, 9.17) is 9.88 Å². The van der Waals surface area contributed by atoms with Crippen molar-refractivity contribution in [3.05, 3.63) is 29.3 Å². The summed E-state index contributed by atoms with van der Waals surface area (Å²) >= 11 is 0. The van der Waals surface area contributed by atoms with E-state index in [0.29, 0.717) is 17.7 Å². The maximum Gasteiger partial charge on any atom is 0.251 e. The number of rotatable bonds is 5. The average molecular weight is 355 g/mol. The lowest BCUT2D eigenvalue weighted by atomic mass is 10.1. The van der Waals surface area contributed by atoms with Crippen molar-refractivity contribution in [3.63, 3.8) is 0 Å². The van der Waals surface area contributed by atoms with Crippen LogP contribution in [-0.2, 0) is 14.8 Å². The number of hydrogen-bond donors (Lipinski definition) is 2. The third kappa shape index (κ3) is 5.01. The van der Waals surface area contributed by atoms with E-state index >= 15 is 0 Å². The van der Waals surface area contributed by atoms with Crippen molar-refractivity contribution in [3.8, 4) is 0 Å². The molecule has 8 heteroatoms. The van der Waals surface area contributed by atoms with Crippen LogP contribution >= 0.6 is 0 Å². The molecule has 1 aromatic carbocycles. The first-order chi connectivity index (χ1) is 11.2. The summed E-state index contributed by atoms with van der Waals surface area (Å²) < 4.78 is 28.5. The number of amides is 1. The predicted octanol–water partition coefficient (Wildman–Crippen LogP) is 0.481. The standard InChI is InChI=1S/C16H25N3O4S/c1-11-4-5-14(24(17,21)22)8-15(11)16(20)18-6-7-19-9-12(2)23-13(3)10-19/h4-5,8,12-13H,6-7,9-10H2,1-3H3,(H,18,20)(H2,17,21,22). The number of morpholine rings is 1. The van der Waals surface area contributed by atoms with Crippen LogP contribution in [0.4, 0.5) is 0 Å². The van der Waals surface area contributed by atoms with Crippen LogP contribution in [-0.4, -0.2) is 57.6 Å². The Hall–Kier alpha value is -1.48. The van der Waals surface area contributed by atoms with Crippen LogP contribution in [0.3, 0.4) is 0 Å². The fourth-order valence-electron chi connectivity index (χ4n) is 2.91. The molecule has 1 aliphatic rings. The normalized spacial score (nSPS) is 22.3. The fourth-order valence-corrected chi connectivity index (χ4v) is 3.45. The quantitative estimate of drug-likeness (QED) is 0.800. The highest BCUT2D eigenvalue weighted by atomic mass is 32.2. The molecule has 2 unspecified atom stereocenters. The number of nitrogens with one attached hydrogen (secondary N) is 1. The second kappa shape index (κ2) is 7.60. The molecule has 2 atom stereocenters. The third-order valence-corrected chi connectivity index (χ3v) is 4.90. The molecule has 1 amide bonds. The van der Waals surface area contributed by atoms with Crippen molar-refractivity contribution >= 4 is 15.9 Å². The topological polar surface area (TPSA) is 102 Å². The molecule has 2 rings (SSSR count). The number of aryl methyl sites for hydroxylation is 1. The molecule has 0 saturated carbocycles. The number of nitrogens with zero attached hydrogens (tertiary/aromatic N) is 1. The lowest BCUT2D eigenvalue weighted by molar-refractivity contribution is -0.0672. The highest BCUT2D eigenvalue weighted by Crippen LogP contribution is 2.14. The first-order valence-electron chi connectivity index (χ1n) is 7.96. The lowest BCUT2D eigenvalue weighted by Crippen LogP contribution is -2.47. The molecule has 134 valence electrons. The lowest BCUT2D eigenvalue weighted by Gasteiger charge is -2.35. The SMILES string of the molecule is Cc1ccc(S(N)(=O)=O)cc1C(=O)NCCN1CC(C)OC(C)C1. The van der Waals surface area contributed by atoms with Gasteiger partial charge < -0.3 is 10.1 Å². The van der Waals surface area contributed by atoms with E-state index in [2.05, 4.69) is 10.2 Å². The smallest absolute Gasteiger partial charge is 0.251 e. The molecule has 0 aliphatic carbocycles. The molecule has 1 saturated heterocycles. The molecular formula is C16H25N3O4S. The van der Waals surface area contributed by atoms with Gasteiger partial charge >= 0.3 is 0 Å². The van der Waals surface area contributed by atoms with Crippen molar-refractivity contribution in [2.45, 2.75) is 37.9 Å². The van der Waals surface area contributed by atoms with Crippen LogP contribution < -0.4 is 10.5 Å². The highest BCUT2D eigenvalue weighted by Gasteiger charge is 2.22. The zero-order chi connectivity index (χ0) is 17.9. The zero-order valence-electron chi connectivity index (χ0n) is 14.3. The molecule has 0 bridgehead atoms. The Kier molecular flexibility index (Phi) is 5.97. The van der Waals surface area contributed by atoms with Gasteiger partial charge in [0.2, 0.25) is 10.0 Å². The van der Waals surface area contributed by atoms with Crippen LogP contribution in [0.2, 0.25) is 0 Å². The van der Waals surface area contributed by atoms with E-state index < -0.39 is 10.0 Å². The monoisotopic (exact) mass is 355 g/mol. The Morgan fingerprint density at radius 2 is 1.96 bits per heavy atom. The Morgan fingerprint density at radius 1 is 1.33 bits per heavy atom. The molecule has 24 heavy (non-hydrogen) atoms. The summed E-state index contributed by atoms with van der Waals surface area (Å²) in [5.41, 5.74) is 1.03. The van der Waals surface area contributed by atoms with Gasteiger partial charge in [0.25, 0.3) is 5.91 Å². The summed E-state index contributed by atoms with van der Waals surface area (Å²) in [4.78, 5) is 14.5. The number of carbonyl (C=O) groups excluding carboxylic acids is 1. The molecule has 0 radical (unpaired) electrons. The number of nitrogens with two attached hydrogens (primary N) is 1. The van der Waals surface area contributed by atoms with E-state index in [1.165, 1.54) is 12.1 Å². The van der Waals surface area contributed by atoms with E-state index in [9.17, 15) is 13.2 Å². The van der Waals surface area contributed by atoms with Crippen molar-refractivity contribution in [1.29, 1.82) is 0 Å². The Labute approximate surface area is 143 Å². The molecular weight excluding hydrogens is 330 g/mol. The van der Waals surface area contributed by atoms with Gasteiger partial charge in [-0.1, -0.05) is 6.07 Å². The molecule has 3 N–H and O–H groups in total. The summed E-state index contributed by atoms with van der Waals surface area (Å²) in [5.74, 6) is -0.299. The molecule has 7 nitrogen and oxygen atoms in total. The van der Waals surface area contributed by atoms with Gasteiger partial charge in [0.05, 0.1) is 17.1 Å². The summed E-state index contributed by atoms with van der Waals surface area (Å²) in [5, 5.41) is 7.96. The molecule has 1 fully saturated rings. The predicted molar refractivity (Wildman–Crippen MR) is 91.3 cm³/mol. The molecule has 1 aliphatic heterocycles. The van der Waals surface area contributed by atoms with Crippen LogP contribution in [0.1, 0.15) is 29.8 Å². The van der Waals surface area contributed by atoms with Crippen LogP contribution in [0.25, 0.3) is 0 Å². The Balaban J connectivity index is 1.95. The van der Waals surface area contributed by atoms with Crippen molar-refractivity contribution < 1.29 is 17.9 Å². The highest BCUT2D eigenvalue weighted by molar-refractivity contribution is 7.89. The minimum atomic E-state index is -3.83. The van der Waals surface area contributed by atoms with Crippen molar-refractivity contribution in [2.75, 3.05) is 26.2 Å². The number of sulfonamides is 1. The second-order valence-corrected chi connectivity index (χ2v) is 7.86. The van der Waals surface area contributed by atoms with Gasteiger partial charge in [-0.2, -0.15) is 0 Å². The second-order valence-electron chi connectivity index (χ2n) is 6.29. The van der Waals surface area contributed by atoms with Gasteiger partial charge in [-0.25, -0.2) is 13.6 Å². The van der Waals surface area contributed by atoms with E-state index in [0.717, 1.165) is 19.6 Å².